The third kappa shape index (κ3) is 5.31. The lowest BCUT2D eigenvalue weighted by atomic mass is 9.85. The number of hydrogen-bond acceptors (Lipinski definition) is 3. The second-order valence-electron chi connectivity index (χ2n) is 8.99. The number of hydrogen-bond donors (Lipinski definition) is 0. The van der Waals surface area contributed by atoms with Crippen LogP contribution in [0.25, 0.3) is 5.57 Å². The van der Waals surface area contributed by atoms with E-state index in [1.807, 2.05) is 12.1 Å². The molecule has 2 nitrogen and oxygen atoms in total. The molecule has 0 N–H and O–H groups in total. The summed E-state index contributed by atoms with van der Waals surface area (Å²) in [5.41, 5.74) is 4.53. The molecule has 2 atom stereocenters. The molecule has 0 amide bonds. The van der Waals surface area contributed by atoms with Gasteiger partial charge >= 0.3 is 0 Å². The van der Waals surface area contributed by atoms with Gasteiger partial charge in [-0.1, -0.05) is 49.2 Å². The van der Waals surface area contributed by atoms with E-state index in [1.165, 1.54) is 72.5 Å². The molecular weight excluding hydrogens is 386 g/mol. The van der Waals surface area contributed by atoms with Gasteiger partial charge in [0, 0.05) is 28.9 Å². The fraction of sp³-hybridized carbons (Fsp3) is 0.481. The summed E-state index contributed by atoms with van der Waals surface area (Å²) in [6, 6.07) is 18.2. The van der Waals surface area contributed by atoms with E-state index in [9.17, 15) is 0 Å². The average Bonchev–Trinajstić information content (AvgIpc) is 2.80. The van der Waals surface area contributed by atoms with Gasteiger partial charge < -0.3 is 4.74 Å². The molecule has 4 rings (SSSR count). The molecule has 2 aliphatic rings. The summed E-state index contributed by atoms with van der Waals surface area (Å²) in [5, 5.41) is 0. The maximum atomic E-state index is 5.25. The first kappa shape index (κ1) is 21.5. The number of ether oxygens (including phenoxy) is 1. The summed E-state index contributed by atoms with van der Waals surface area (Å²) in [7, 11) is 1.71. The quantitative estimate of drug-likeness (QED) is 0.503. The summed E-state index contributed by atoms with van der Waals surface area (Å²) in [5.74, 6) is 1.82. The lowest BCUT2D eigenvalue weighted by Gasteiger charge is -2.39. The molecule has 30 heavy (non-hydrogen) atoms. The largest absolute Gasteiger partial charge is 0.497 e. The van der Waals surface area contributed by atoms with Crippen molar-refractivity contribution in [1.29, 1.82) is 0 Å². The first-order chi connectivity index (χ1) is 14.6. The summed E-state index contributed by atoms with van der Waals surface area (Å²) in [4.78, 5) is 5.30. The number of rotatable bonds is 5. The van der Waals surface area contributed by atoms with E-state index < -0.39 is 0 Å². The third-order valence-corrected chi connectivity index (χ3v) is 7.96. The Kier molecular flexibility index (Phi) is 7.22. The van der Waals surface area contributed by atoms with Crippen molar-refractivity contribution in [2.24, 2.45) is 5.92 Å². The molecule has 1 aliphatic heterocycles. The Morgan fingerprint density at radius 3 is 2.17 bits per heavy atom. The van der Waals surface area contributed by atoms with Gasteiger partial charge in [-0.3, -0.25) is 4.90 Å². The van der Waals surface area contributed by atoms with E-state index in [4.69, 9.17) is 4.74 Å². The van der Waals surface area contributed by atoms with Crippen LogP contribution in [0.5, 0.6) is 5.75 Å². The van der Waals surface area contributed by atoms with Crippen molar-refractivity contribution in [3.05, 3.63) is 59.7 Å². The molecule has 3 heteroatoms. The Morgan fingerprint density at radius 2 is 1.57 bits per heavy atom. The highest BCUT2D eigenvalue weighted by Crippen LogP contribution is 2.34. The van der Waals surface area contributed by atoms with E-state index in [0.29, 0.717) is 0 Å². The zero-order chi connectivity index (χ0) is 20.9. The lowest BCUT2D eigenvalue weighted by molar-refractivity contribution is 0.126. The van der Waals surface area contributed by atoms with Crippen LogP contribution in [0.3, 0.4) is 0 Å². The van der Waals surface area contributed by atoms with Gasteiger partial charge in [0.2, 0.25) is 0 Å². The van der Waals surface area contributed by atoms with Crippen LogP contribution in [-0.4, -0.2) is 31.1 Å². The van der Waals surface area contributed by atoms with Crippen molar-refractivity contribution >= 4 is 17.3 Å². The maximum Gasteiger partial charge on any atom is 0.118 e. The Labute approximate surface area is 186 Å². The standard InChI is InChI=1S/C27H35NOS/c1-20-5-4-6-24(19-20)28-17-15-23(16-18-28)21(2)22-7-11-26(12-8-22)30-27-13-9-25(29-3)10-14-27/h7-14,20,24H,4-6,15-19H2,1-3H3/t20-,24-/m1/s1. The normalized spacial score (nSPS) is 22.7. The Morgan fingerprint density at radius 1 is 0.933 bits per heavy atom. The zero-order valence-corrected chi connectivity index (χ0v) is 19.5. The number of benzene rings is 2. The minimum atomic E-state index is 0.838. The maximum absolute atomic E-state index is 5.25. The van der Waals surface area contributed by atoms with Crippen molar-refractivity contribution in [3.8, 4) is 5.75 Å². The van der Waals surface area contributed by atoms with Crippen LogP contribution in [0.1, 0.15) is 57.9 Å². The molecule has 0 spiro atoms. The molecule has 160 valence electrons. The summed E-state index contributed by atoms with van der Waals surface area (Å²) in [6.07, 6.45) is 8.14. The van der Waals surface area contributed by atoms with Crippen LogP contribution < -0.4 is 4.74 Å². The average molecular weight is 422 g/mol. The number of nitrogens with zero attached hydrogens (tertiary/aromatic N) is 1. The molecule has 1 aliphatic carbocycles. The first-order valence-electron chi connectivity index (χ1n) is 11.5. The number of likely N-dealkylation sites (tertiary alicyclic amines) is 1. The molecule has 1 saturated heterocycles. The predicted molar refractivity (Wildman–Crippen MR) is 128 cm³/mol. The molecule has 0 bridgehead atoms. The fourth-order valence-electron chi connectivity index (χ4n) is 5.02. The number of methoxy groups -OCH3 is 1. The molecule has 2 fully saturated rings. The first-order valence-corrected chi connectivity index (χ1v) is 12.3. The molecule has 2 aromatic carbocycles. The molecule has 2 aromatic rings. The van der Waals surface area contributed by atoms with Crippen LogP contribution in [0.2, 0.25) is 0 Å². The van der Waals surface area contributed by atoms with E-state index >= 15 is 0 Å². The summed E-state index contributed by atoms with van der Waals surface area (Å²) in [6.45, 7) is 7.24. The predicted octanol–water partition coefficient (Wildman–Crippen LogP) is 7.29. The van der Waals surface area contributed by atoms with Crippen molar-refractivity contribution in [3.63, 3.8) is 0 Å². The molecule has 1 heterocycles. The minimum absolute atomic E-state index is 0.838. The Bertz CT molecular complexity index is 845. The van der Waals surface area contributed by atoms with Crippen LogP contribution in [0.15, 0.2) is 63.9 Å². The highest BCUT2D eigenvalue weighted by atomic mass is 32.2. The monoisotopic (exact) mass is 421 g/mol. The van der Waals surface area contributed by atoms with Crippen LogP contribution in [0.4, 0.5) is 0 Å². The molecule has 1 saturated carbocycles. The van der Waals surface area contributed by atoms with Crippen LogP contribution in [0, 0.1) is 5.92 Å². The highest BCUT2D eigenvalue weighted by molar-refractivity contribution is 7.99. The smallest absolute Gasteiger partial charge is 0.118 e. The molecular formula is C27H35NOS. The second-order valence-corrected chi connectivity index (χ2v) is 10.1. The van der Waals surface area contributed by atoms with Gasteiger partial charge in [0.1, 0.15) is 5.75 Å². The van der Waals surface area contributed by atoms with E-state index in [-0.39, 0.29) is 0 Å². The van der Waals surface area contributed by atoms with Gasteiger partial charge in [-0.05, 0) is 86.1 Å². The van der Waals surface area contributed by atoms with Crippen molar-refractivity contribution in [2.45, 2.75) is 68.2 Å². The number of piperidine rings is 1. The molecule has 0 unspecified atom stereocenters. The van der Waals surface area contributed by atoms with E-state index in [0.717, 1.165) is 17.7 Å². The van der Waals surface area contributed by atoms with Gasteiger partial charge in [0.15, 0.2) is 0 Å². The van der Waals surface area contributed by atoms with Crippen LogP contribution >= 0.6 is 11.8 Å². The van der Waals surface area contributed by atoms with E-state index in [1.54, 1.807) is 24.4 Å². The van der Waals surface area contributed by atoms with Gasteiger partial charge in [-0.25, -0.2) is 0 Å². The zero-order valence-electron chi connectivity index (χ0n) is 18.7. The van der Waals surface area contributed by atoms with Crippen molar-refractivity contribution in [1.82, 2.24) is 4.90 Å². The Balaban J connectivity index is 1.36. The second kappa shape index (κ2) is 10.1. The molecule has 0 radical (unpaired) electrons. The third-order valence-electron chi connectivity index (χ3n) is 6.94. The van der Waals surface area contributed by atoms with Gasteiger partial charge in [-0.15, -0.1) is 0 Å². The Hall–Kier alpha value is -1.71. The van der Waals surface area contributed by atoms with Gasteiger partial charge in [0.05, 0.1) is 7.11 Å². The summed E-state index contributed by atoms with van der Waals surface area (Å²) < 4.78 is 5.25. The van der Waals surface area contributed by atoms with Gasteiger partial charge in [-0.2, -0.15) is 0 Å². The fourth-order valence-corrected chi connectivity index (χ4v) is 5.84. The van der Waals surface area contributed by atoms with Crippen LogP contribution in [-0.2, 0) is 0 Å². The number of allylic oxidation sites excluding steroid dienone is 1. The van der Waals surface area contributed by atoms with Crippen molar-refractivity contribution in [2.75, 3.05) is 20.2 Å². The van der Waals surface area contributed by atoms with Gasteiger partial charge in [0.25, 0.3) is 0 Å². The topological polar surface area (TPSA) is 12.5 Å². The van der Waals surface area contributed by atoms with Crippen molar-refractivity contribution < 1.29 is 4.74 Å². The molecule has 0 aromatic heterocycles. The highest BCUT2D eigenvalue weighted by Gasteiger charge is 2.27. The minimum Gasteiger partial charge on any atom is -0.497 e. The summed E-state index contributed by atoms with van der Waals surface area (Å²) >= 11 is 1.80. The van der Waals surface area contributed by atoms with E-state index in [2.05, 4.69) is 55.1 Å². The SMILES string of the molecule is COc1ccc(Sc2ccc(C(C)=C3CCN([C@@H]4CCC[C@@H](C)C4)CC3)cc2)cc1. The lowest BCUT2D eigenvalue weighted by Crippen LogP contribution is -2.42.